The van der Waals surface area contributed by atoms with E-state index in [0.717, 1.165) is 31.5 Å². The van der Waals surface area contributed by atoms with E-state index in [1.54, 1.807) is 6.07 Å². The SMILES string of the molecule is COC(=O)c1cc2n(n1)CCCN(C(=O)C[C@H]1CCc3ccccc31)C2. The zero-order chi connectivity index (χ0) is 18.1. The maximum Gasteiger partial charge on any atom is 0.358 e. The molecule has 0 fully saturated rings. The largest absolute Gasteiger partial charge is 0.464 e. The topological polar surface area (TPSA) is 64.4 Å². The molecule has 1 atom stereocenters. The molecule has 2 aromatic rings. The van der Waals surface area contributed by atoms with Crippen LogP contribution in [0, 0.1) is 0 Å². The first kappa shape index (κ1) is 16.8. The molecule has 1 aromatic carbocycles. The Bertz CT molecular complexity index is 843. The number of amides is 1. The Hall–Kier alpha value is -2.63. The fourth-order valence-electron chi connectivity index (χ4n) is 4.08. The molecule has 0 spiro atoms. The van der Waals surface area contributed by atoms with Crippen LogP contribution in [0.25, 0.3) is 0 Å². The van der Waals surface area contributed by atoms with Gasteiger partial charge in [0.15, 0.2) is 5.69 Å². The fourth-order valence-corrected chi connectivity index (χ4v) is 4.08. The summed E-state index contributed by atoms with van der Waals surface area (Å²) >= 11 is 0. The normalized spacial score (nSPS) is 18.8. The van der Waals surface area contributed by atoms with Gasteiger partial charge in [0.25, 0.3) is 0 Å². The molecule has 2 aliphatic rings. The van der Waals surface area contributed by atoms with Crippen LogP contribution in [0.3, 0.4) is 0 Å². The maximum absolute atomic E-state index is 12.9. The minimum atomic E-state index is -0.439. The first-order chi connectivity index (χ1) is 12.7. The summed E-state index contributed by atoms with van der Waals surface area (Å²) in [4.78, 5) is 26.5. The van der Waals surface area contributed by atoms with Gasteiger partial charge in [0.2, 0.25) is 5.91 Å². The first-order valence-corrected chi connectivity index (χ1v) is 9.16. The van der Waals surface area contributed by atoms with E-state index in [4.69, 9.17) is 4.74 Å². The molecule has 0 bridgehead atoms. The van der Waals surface area contributed by atoms with E-state index >= 15 is 0 Å². The zero-order valence-electron chi connectivity index (χ0n) is 15.0. The molecule has 1 amide bonds. The minimum absolute atomic E-state index is 0.181. The van der Waals surface area contributed by atoms with Gasteiger partial charge in [-0.3, -0.25) is 9.48 Å². The number of esters is 1. The van der Waals surface area contributed by atoms with Crippen molar-refractivity contribution in [1.29, 1.82) is 0 Å². The molecule has 1 aromatic heterocycles. The van der Waals surface area contributed by atoms with E-state index in [2.05, 4.69) is 29.4 Å². The number of nitrogens with zero attached hydrogens (tertiary/aromatic N) is 3. The van der Waals surface area contributed by atoms with Crippen molar-refractivity contribution in [1.82, 2.24) is 14.7 Å². The summed E-state index contributed by atoms with van der Waals surface area (Å²) in [7, 11) is 1.35. The molecule has 6 nitrogen and oxygen atoms in total. The van der Waals surface area contributed by atoms with Crippen LogP contribution < -0.4 is 0 Å². The molecule has 1 aliphatic heterocycles. The van der Waals surface area contributed by atoms with Crippen molar-refractivity contribution in [3.8, 4) is 0 Å². The quantitative estimate of drug-likeness (QED) is 0.796. The summed E-state index contributed by atoms with van der Waals surface area (Å²) in [6.45, 7) is 1.93. The average molecular weight is 353 g/mol. The van der Waals surface area contributed by atoms with Gasteiger partial charge in [-0.15, -0.1) is 0 Å². The Morgan fingerprint density at radius 3 is 2.96 bits per heavy atom. The van der Waals surface area contributed by atoms with Crippen molar-refractivity contribution in [2.45, 2.75) is 44.7 Å². The Kier molecular flexibility index (Phi) is 4.49. The third-order valence-electron chi connectivity index (χ3n) is 5.44. The lowest BCUT2D eigenvalue weighted by atomic mass is 9.97. The zero-order valence-corrected chi connectivity index (χ0v) is 15.0. The highest BCUT2D eigenvalue weighted by molar-refractivity contribution is 5.87. The van der Waals surface area contributed by atoms with E-state index in [0.29, 0.717) is 31.1 Å². The number of fused-ring (bicyclic) bond motifs is 2. The van der Waals surface area contributed by atoms with E-state index in [-0.39, 0.29) is 5.91 Å². The van der Waals surface area contributed by atoms with Gasteiger partial charge in [-0.1, -0.05) is 24.3 Å². The molecule has 0 unspecified atom stereocenters. The van der Waals surface area contributed by atoms with Crippen LogP contribution in [0.1, 0.15) is 52.5 Å². The van der Waals surface area contributed by atoms with Gasteiger partial charge in [0.1, 0.15) is 0 Å². The number of aromatic nitrogens is 2. The number of ether oxygens (including phenoxy) is 1. The Morgan fingerprint density at radius 1 is 1.27 bits per heavy atom. The molecule has 0 N–H and O–H groups in total. The van der Waals surface area contributed by atoms with Crippen molar-refractivity contribution in [2.75, 3.05) is 13.7 Å². The number of rotatable bonds is 3. The van der Waals surface area contributed by atoms with E-state index < -0.39 is 5.97 Å². The second-order valence-corrected chi connectivity index (χ2v) is 7.04. The molecule has 0 saturated carbocycles. The van der Waals surface area contributed by atoms with E-state index in [1.807, 2.05) is 9.58 Å². The van der Waals surface area contributed by atoms with Crippen molar-refractivity contribution < 1.29 is 14.3 Å². The summed E-state index contributed by atoms with van der Waals surface area (Å²) in [6, 6.07) is 10.2. The van der Waals surface area contributed by atoms with Gasteiger partial charge in [-0.2, -0.15) is 5.10 Å². The third kappa shape index (κ3) is 3.11. The minimum Gasteiger partial charge on any atom is -0.464 e. The summed E-state index contributed by atoms with van der Waals surface area (Å²) < 4.78 is 6.57. The Labute approximate surface area is 152 Å². The summed E-state index contributed by atoms with van der Waals surface area (Å²) in [6.07, 6.45) is 3.49. The lowest BCUT2D eigenvalue weighted by Crippen LogP contribution is -2.31. The molecule has 4 rings (SSSR count). The number of methoxy groups -OCH3 is 1. The number of carbonyl (C=O) groups is 2. The van der Waals surface area contributed by atoms with Crippen molar-refractivity contribution in [3.05, 3.63) is 52.8 Å². The van der Waals surface area contributed by atoms with Gasteiger partial charge in [-0.25, -0.2) is 4.79 Å². The maximum atomic E-state index is 12.9. The second kappa shape index (κ2) is 6.94. The molecule has 1 aliphatic carbocycles. The van der Waals surface area contributed by atoms with Crippen molar-refractivity contribution in [2.24, 2.45) is 0 Å². The number of aryl methyl sites for hydroxylation is 2. The van der Waals surface area contributed by atoms with Gasteiger partial charge >= 0.3 is 5.97 Å². The molecular weight excluding hydrogens is 330 g/mol. The molecule has 136 valence electrons. The van der Waals surface area contributed by atoms with E-state index in [9.17, 15) is 9.59 Å². The predicted octanol–water partition coefficient (Wildman–Crippen LogP) is 2.52. The summed E-state index contributed by atoms with van der Waals surface area (Å²) in [5.41, 5.74) is 3.90. The molecule has 0 radical (unpaired) electrons. The van der Waals surface area contributed by atoms with Crippen LogP contribution in [0.2, 0.25) is 0 Å². The van der Waals surface area contributed by atoms with Crippen LogP contribution in [-0.2, 0) is 29.0 Å². The van der Waals surface area contributed by atoms with Crippen LogP contribution in [-0.4, -0.2) is 40.2 Å². The van der Waals surface area contributed by atoms with Crippen molar-refractivity contribution in [3.63, 3.8) is 0 Å². The Balaban J connectivity index is 1.47. The summed E-state index contributed by atoms with van der Waals surface area (Å²) in [5.74, 6) is 0.0597. The molecule has 2 heterocycles. The van der Waals surface area contributed by atoms with Gasteiger partial charge in [-0.05, 0) is 42.4 Å². The average Bonchev–Trinajstić information content (AvgIpc) is 3.19. The van der Waals surface area contributed by atoms with Crippen LogP contribution in [0.15, 0.2) is 30.3 Å². The number of benzene rings is 1. The van der Waals surface area contributed by atoms with Crippen molar-refractivity contribution >= 4 is 11.9 Å². The monoisotopic (exact) mass is 353 g/mol. The molecular formula is C20H23N3O3. The highest BCUT2D eigenvalue weighted by atomic mass is 16.5. The van der Waals surface area contributed by atoms with E-state index in [1.165, 1.54) is 18.2 Å². The van der Waals surface area contributed by atoms with Crippen LogP contribution >= 0.6 is 0 Å². The van der Waals surface area contributed by atoms with Crippen LogP contribution in [0.5, 0.6) is 0 Å². The fraction of sp³-hybridized carbons (Fsp3) is 0.450. The number of hydrogen-bond donors (Lipinski definition) is 0. The van der Waals surface area contributed by atoms with Gasteiger partial charge in [0.05, 0.1) is 19.3 Å². The third-order valence-corrected chi connectivity index (χ3v) is 5.44. The standard InChI is InChI=1S/C20H23N3O3/c1-26-20(25)18-12-16-13-22(9-4-10-23(16)21-18)19(24)11-15-8-7-14-5-2-3-6-17(14)15/h2-3,5-6,12,15H,4,7-11,13H2,1H3/t15-/m1/s1. The first-order valence-electron chi connectivity index (χ1n) is 9.16. The highest BCUT2D eigenvalue weighted by Gasteiger charge is 2.28. The lowest BCUT2D eigenvalue weighted by molar-refractivity contribution is -0.132. The summed E-state index contributed by atoms with van der Waals surface area (Å²) in [5, 5.41) is 4.31. The Morgan fingerprint density at radius 2 is 2.12 bits per heavy atom. The molecule has 0 saturated heterocycles. The second-order valence-electron chi connectivity index (χ2n) is 7.04. The predicted molar refractivity (Wildman–Crippen MR) is 95.7 cm³/mol. The molecule has 26 heavy (non-hydrogen) atoms. The number of hydrogen-bond acceptors (Lipinski definition) is 4. The highest BCUT2D eigenvalue weighted by Crippen LogP contribution is 2.35. The molecule has 6 heteroatoms. The van der Waals surface area contributed by atoms with Crippen LogP contribution in [0.4, 0.5) is 0 Å². The van der Waals surface area contributed by atoms with Gasteiger partial charge < -0.3 is 9.64 Å². The van der Waals surface area contributed by atoms with Gasteiger partial charge in [0, 0.05) is 19.5 Å². The lowest BCUT2D eigenvalue weighted by Gasteiger charge is -2.22. The number of carbonyl (C=O) groups excluding carboxylic acids is 2. The smallest absolute Gasteiger partial charge is 0.358 e.